The Kier molecular flexibility index (Phi) is 3.62. The molecule has 0 bridgehead atoms. The molecule has 1 aromatic heterocycles. The van der Waals surface area contributed by atoms with Crippen LogP contribution in [0.4, 0.5) is 0 Å². The van der Waals surface area contributed by atoms with E-state index < -0.39 is 11.9 Å². The summed E-state index contributed by atoms with van der Waals surface area (Å²) in [7, 11) is 0. The minimum Gasteiger partial charge on any atom is -0.478 e. The first-order valence-corrected chi connectivity index (χ1v) is 4.49. The van der Waals surface area contributed by atoms with Crippen molar-refractivity contribution >= 4 is 11.9 Å². The lowest BCUT2D eigenvalue weighted by Gasteiger charge is -2.04. The largest absolute Gasteiger partial charge is 0.478 e. The predicted octanol–water partition coefficient (Wildman–Crippen LogP) is 0.451. The quantitative estimate of drug-likeness (QED) is 0.722. The van der Waals surface area contributed by atoms with Crippen LogP contribution in [0.1, 0.15) is 26.5 Å². The molecule has 0 saturated heterocycles. The maximum atomic E-state index is 11.4. The number of hydrogen-bond donors (Lipinski definition) is 2. The van der Waals surface area contributed by atoms with Crippen LogP contribution in [0.2, 0.25) is 0 Å². The van der Waals surface area contributed by atoms with Gasteiger partial charge < -0.3 is 10.4 Å². The topological polar surface area (TPSA) is 79.3 Å². The molecule has 0 aliphatic heterocycles. The van der Waals surface area contributed by atoms with Gasteiger partial charge >= 0.3 is 5.97 Å². The SMILES string of the molecule is C#CCNC(=O)c1ccc(C(=O)O)c(C)n1. The lowest BCUT2D eigenvalue weighted by molar-refractivity contribution is 0.0694. The van der Waals surface area contributed by atoms with Crippen LogP contribution >= 0.6 is 0 Å². The Labute approximate surface area is 92.5 Å². The highest BCUT2D eigenvalue weighted by molar-refractivity contribution is 5.94. The average molecular weight is 218 g/mol. The van der Waals surface area contributed by atoms with E-state index >= 15 is 0 Å². The summed E-state index contributed by atoms with van der Waals surface area (Å²) in [6.45, 7) is 1.64. The molecule has 82 valence electrons. The number of carboxylic acids is 1. The van der Waals surface area contributed by atoms with Gasteiger partial charge in [-0.1, -0.05) is 5.92 Å². The molecule has 5 nitrogen and oxygen atoms in total. The standard InChI is InChI=1S/C11H10N2O3/c1-3-6-12-10(14)9-5-4-8(11(15)16)7(2)13-9/h1,4-5H,6H2,2H3,(H,12,14)(H,15,16). The Morgan fingerprint density at radius 2 is 2.25 bits per heavy atom. The van der Waals surface area contributed by atoms with E-state index in [1.54, 1.807) is 0 Å². The number of carboxylic acid groups (broad SMARTS) is 1. The van der Waals surface area contributed by atoms with Crippen LogP contribution in [0.3, 0.4) is 0 Å². The predicted molar refractivity (Wildman–Crippen MR) is 57.1 cm³/mol. The highest BCUT2D eigenvalue weighted by Crippen LogP contribution is 2.06. The second-order valence-corrected chi connectivity index (χ2v) is 3.02. The van der Waals surface area contributed by atoms with Crippen molar-refractivity contribution in [3.63, 3.8) is 0 Å². The molecule has 1 heterocycles. The molecule has 1 amide bonds. The van der Waals surface area contributed by atoms with Crippen molar-refractivity contribution in [3.05, 3.63) is 29.1 Å². The van der Waals surface area contributed by atoms with Gasteiger partial charge in [0.1, 0.15) is 5.69 Å². The molecule has 0 aliphatic carbocycles. The molecule has 0 atom stereocenters. The number of rotatable bonds is 3. The molecule has 0 aromatic carbocycles. The van der Waals surface area contributed by atoms with Crippen molar-refractivity contribution in [2.45, 2.75) is 6.92 Å². The van der Waals surface area contributed by atoms with E-state index in [0.29, 0.717) is 5.69 Å². The van der Waals surface area contributed by atoms with Crippen molar-refractivity contribution in [2.75, 3.05) is 6.54 Å². The summed E-state index contributed by atoms with van der Waals surface area (Å²) >= 11 is 0. The zero-order valence-electron chi connectivity index (χ0n) is 8.65. The van der Waals surface area contributed by atoms with Crippen LogP contribution in [0, 0.1) is 19.3 Å². The van der Waals surface area contributed by atoms with E-state index in [0.717, 1.165) is 0 Å². The second kappa shape index (κ2) is 4.94. The van der Waals surface area contributed by atoms with Gasteiger partial charge in [-0.3, -0.25) is 4.79 Å². The zero-order chi connectivity index (χ0) is 12.1. The molecule has 1 aromatic rings. The Morgan fingerprint density at radius 1 is 1.56 bits per heavy atom. The van der Waals surface area contributed by atoms with Crippen molar-refractivity contribution in [3.8, 4) is 12.3 Å². The van der Waals surface area contributed by atoms with Crippen LogP contribution < -0.4 is 5.32 Å². The van der Waals surface area contributed by atoms with Gasteiger partial charge in [0.25, 0.3) is 5.91 Å². The van der Waals surface area contributed by atoms with E-state index in [-0.39, 0.29) is 17.8 Å². The van der Waals surface area contributed by atoms with Gasteiger partial charge in [0.2, 0.25) is 0 Å². The van der Waals surface area contributed by atoms with Crippen molar-refractivity contribution in [1.29, 1.82) is 0 Å². The number of amides is 1. The Morgan fingerprint density at radius 3 is 2.75 bits per heavy atom. The number of pyridine rings is 1. The summed E-state index contributed by atoms with van der Waals surface area (Å²) in [6, 6.07) is 2.69. The molecule has 16 heavy (non-hydrogen) atoms. The normalized spacial score (nSPS) is 9.25. The third-order valence-electron chi connectivity index (χ3n) is 1.90. The fourth-order valence-electron chi connectivity index (χ4n) is 1.14. The first-order valence-electron chi connectivity index (χ1n) is 4.49. The first kappa shape index (κ1) is 11.7. The molecule has 5 heteroatoms. The molecule has 0 aliphatic rings. The number of terminal acetylenes is 1. The number of aromatic nitrogens is 1. The molecule has 0 spiro atoms. The lowest BCUT2D eigenvalue weighted by atomic mass is 10.2. The van der Waals surface area contributed by atoms with E-state index in [2.05, 4.69) is 16.2 Å². The van der Waals surface area contributed by atoms with Gasteiger partial charge in [-0.05, 0) is 19.1 Å². The van der Waals surface area contributed by atoms with Crippen LogP contribution in [0.15, 0.2) is 12.1 Å². The molecule has 2 N–H and O–H groups in total. The molecule has 0 saturated carbocycles. The number of aromatic carboxylic acids is 1. The summed E-state index contributed by atoms with van der Waals surface area (Å²) in [5.74, 6) is 0.771. The third kappa shape index (κ3) is 2.58. The Balaban J connectivity index is 2.93. The van der Waals surface area contributed by atoms with Gasteiger partial charge in [-0.25, -0.2) is 9.78 Å². The van der Waals surface area contributed by atoms with Gasteiger partial charge in [-0.15, -0.1) is 6.42 Å². The summed E-state index contributed by atoms with van der Waals surface area (Å²) < 4.78 is 0. The number of aryl methyl sites for hydroxylation is 1. The molecule has 1 rings (SSSR count). The molecule has 0 radical (unpaired) electrons. The fourth-order valence-corrected chi connectivity index (χ4v) is 1.14. The highest BCUT2D eigenvalue weighted by Gasteiger charge is 2.12. The maximum absolute atomic E-state index is 11.4. The number of nitrogens with one attached hydrogen (secondary N) is 1. The highest BCUT2D eigenvalue weighted by atomic mass is 16.4. The van der Waals surface area contributed by atoms with Crippen molar-refractivity contribution < 1.29 is 14.7 Å². The van der Waals surface area contributed by atoms with Gasteiger partial charge in [0, 0.05) is 0 Å². The van der Waals surface area contributed by atoms with Crippen molar-refractivity contribution in [1.82, 2.24) is 10.3 Å². The molecule has 0 unspecified atom stereocenters. The van der Waals surface area contributed by atoms with Gasteiger partial charge in [0.05, 0.1) is 17.8 Å². The van der Waals surface area contributed by atoms with E-state index in [9.17, 15) is 9.59 Å². The maximum Gasteiger partial charge on any atom is 0.337 e. The summed E-state index contributed by atoms with van der Waals surface area (Å²) in [5, 5.41) is 11.2. The summed E-state index contributed by atoms with van der Waals surface area (Å²) in [4.78, 5) is 26.0. The van der Waals surface area contributed by atoms with Crippen LogP contribution in [-0.2, 0) is 0 Å². The number of nitrogens with zero attached hydrogens (tertiary/aromatic N) is 1. The van der Waals surface area contributed by atoms with Crippen LogP contribution in [0.25, 0.3) is 0 Å². The van der Waals surface area contributed by atoms with Gasteiger partial charge in [0.15, 0.2) is 0 Å². The summed E-state index contributed by atoms with van der Waals surface area (Å²) in [5.41, 5.74) is 0.520. The Hall–Kier alpha value is -2.35. The first-order chi connectivity index (χ1) is 7.56. The lowest BCUT2D eigenvalue weighted by Crippen LogP contribution is -2.25. The fraction of sp³-hybridized carbons (Fsp3) is 0.182. The molecular formula is C11H10N2O3. The average Bonchev–Trinajstić information content (AvgIpc) is 2.25. The third-order valence-corrected chi connectivity index (χ3v) is 1.90. The van der Waals surface area contributed by atoms with Crippen LogP contribution in [-0.4, -0.2) is 28.5 Å². The van der Waals surface area contributed by atoms with E-state index in [1.165, 1.54) is 19.1 Å². The second-order valence-electron chi connectivity index (χ2n) is 3.02. The van der Waals surface area contributed by atoms with Crippen molar-refractivity contribution in [2.24, 2.45) is 0 Å². The molecular weight excluding hydrogens is 208 g/mol. The van der Waals surface area contributed by atoms with E-state index in [1.807, 2.05) is 0 Å². The van der Waals surface area contributed by atoms with E-state index in [4.69, 9.17) is 11.5 Å². The van der Waals surface area contributed by atoms with Crippen LogP contribution in [0.5, 0.6) is 0 Å². The summed E-state index contributed by atoms with van der Waals surface area (Å²) in [6.07, 6.45) is 4.99. The monoisotopic (exact) mass is 218 g/mol. The number of carbonyl (C=O) groups is 2. The number of hydrogen-bond acceptors (Lipinski definition) is 3. The minimum absolute atomic E-state index is 0.0773. The van der Waals surface area contributed by atoms with Gasteiger partial charge in [-0.2, -0.15) is 0 Å². The Bertz CT molecular complexity index is 475. The number of carbonyl (C=O) groups excluding carboxylic acids is 1. The zero-order valence-corrected chi connectivity index (χ0v) is 8.65. The molecule has 0 fully saturated rings. The smallest absolute Gasteiger partial charge is 0.337 e. The minimum atomic E-state index is -1.07.